The van der Waals surface area contributed by atoms with Crippen molar-refractivity contribution in [2.24, 2.45) is 11.3 Å². The number of carbonyl (C=O) groups is 1. The van der Waals surface area contributed by atoms with E-state index in [4.69, 9.17) is 0 Å². The van der Waals surface area contributed by atoms with Crippen molar-refractivity contribution in [1.82, 2.24) is 15.0 Å². The van der Waals surface area contributed by atoms with E-state index in [1.165, 1.54) is 15.1 Å². The first-order valence-corrected chi connectivity index (χ1v) is 12.3. The Morgan fingerprint density at radius 1 is 1.25 bits per heavy atom. The van der Waals surface area contributed by atoms with Gasteiger partial charge in [-0.15, -0.1) is 16.4 Å². The van der Waals surface area contributed by atoms with Crippen LogP contribution in [0.3, 0.4) is 0 Å². The lowest BCUT2D eigenvalue weighted by Crippen LogP contribution is -2.31. The summed E-state index contributed by atoms with van der Waals surface area (Å²) in [4.78, 5) is 27.7. The number of aromatic nitrogens is 3. The molecule has 1 amide bonds. The molecule has 3 aromatic rings. The van der Waals surface area contributed by atoms with E-state index < -0.39 is 0 Å². The number of unbranched alkanes of at least 4 members (excludes halogenated alkanes) is 1. The van der Waals surface area contributed by atoms with E-state index in [0.29, 0.717) is 16.1 Å². The number of carbonyl (C=O) groups excluding carboxylic acids is 1. The summed E-state index contributed by atoms with van der Waals surface area (Å²) in [6, 6.07) is 7.88. The smallest absolute Gasteiger partial charge is 0.279 e. The Bertz CT molecular complexity index is 1170. The maximum Gasteiger partial charge on any atom is 0.279 e. The van der Waals surface area contributed by atoms with Gasteiger partial charge in [-0.1, -0.05) is 51.5 Å². The Kier molecular flexibility index (Phi) is 6.47. The molecule has 1 atom stereocenters. The van der Waals surface area contributed by atoms with E-state index in [1.807, 2.05) is 24.3 Å². The number of nitrogens with one attached hydrogen (secondary N) is 1. The van der Waals surface area contributed by atoms with E-state index in [9.17, 15) is 9.59 Å². The van der Waals surface area contributed by atoms with Crippen molar-refractivity contribution in [3.8, 4) is 0 Å². The van der Waals surface area contributed by atoms with Crippen LogP contribution in [0.15, 0.2) is 29.1 Å². The predicted octanol–water partition coefficient (Wildman–Crippen LogP) is 4.99. The molecule has 0 fully saturated rings. The van der Waals surface area contributed by atoms with Gasteiger partial charge < -0.3 is 5.32 Å². The number of anilines is 1. The average Bonchev–Trinajstić information content (AvgIpc) is 3.13. The molecule has 0 spiro atoms. The van der Waals surface area contributed by atoms with Crippen molar-refractivity contribution in [1.29, 1.82) is 0 Å². The van der Waals surface area contributed by atoms with Crippen LogP contribution < -0.4 is 10.9 Å². The lowest BCUT2D eigenvalue weighted by Gasteiger charge is -2.33. The second-order valence-electron chi connectivity index (χ2n) is 9.89. The lowest BCUT2D eigenvalue weighted by atomic mass is 9.72. The average molecular weight is 453 g/mol. The molecule has 0 saturated heterocycles. The maximum atomic E-state index is 13.2. The zero-order valence-corrected chi connectivity index (χ0v) is 20.2. The molecule has 4 rings (SSSR count). The van der Waals surface area contributed by atoms with Gasteiger partial charge >= 0.3 is 0 Å². The number of rotatable bonds is 6. The minimum Gasteiger partial charge on any atom is -0.324 e. The summed E-state index contributed by atoms with van der Waals surface area (Å²) in [6.07, 6.45) is 6.28. The van der Waals surface area contributed by atoms with Gasteiger partial charge in [-0.25, -0.2) is 4.68 Å². The Morgan fingerprint density at radius 3 is 2.69 bits per heavy atom. The molecule has 32 heavy (non-hydrogen) atoms. The maximum absolute atomic E-state index is 13.2. The van der Waals surface area contributed by atoms with Crippen LogP contribution >= 0.6 is 11.3 Å². The molecule has 170 valence electrons. The summed E-state index contributed by atoms with van der Waals surface area (Å²) < 4.78 is 1.19. The Balaban J connectivity index is 1.50. The van der Waals surface area contributed by atoms with Gasteiger partial charge in [-0.05, 0) is 66.7 Å². The molecule has 1 aliphatic carbocycles. The van der Waals surface area contributed by atoms with Crippen molar-refractivity contribution in [3.05, 3.63) is 50.6 Å². The second-order valence-corrected chi connectivity index (χ2v) is 11.0. The van der Waals surface area contributed by atoms with E-state index in [-0.39, 0.29) is 23.4 Å². The van der Waals surface area contributed by atoms with E-state index in [1.54, 1.807) is 11.3 Å². The van der Waals surface area contributed by atoms with Crippen LogP contribution in [0.1, 0.15) is 63.0 Å². The summed E-state index contributed by atoms with van der Waals surface area (Å²) >= 11 is 1.58. The molecule has 1 N–H and O–H groups in total. The van der Waals surface area contributed by atoms with Gasteiger partial charge in [0.05, 0.1) is 5.39 Å². The quantitative estimate of drug-likeness (QED) is 0.572. The van der Waals surface area contributed by atoms with Crippen molar-refractivity contribution >= 4 is 33.1 Å². The number of hydrogen-bond acceptors (Lipinski definition) is 5. The van der Waals surface area contributed by atoms with E-state index in [0.717, 1.165) is 49.8 Å². The largest absolute Gasteiger partial charge is 0.324 e. The van der Waals surface area contributed by atoms with Gasteiger partial charge in [0.25, 0.3) is 5.56 Å². The van der Waals surface area contributed by atoms with Gasteiger partial charge in [0.1, 0.15) is 6.54 Å². The topological polar surface area (TPSA) is 76.9 Å². The monoisotopic (exact) mass is 452 g/mol. The zero-order valence-electron chi connectivity index (χ0n) is 19.4. The summed E-state index contributed by atoms with van der Waals surface area (Å²) in [7, 11) is 0. The number of aryl methyl sites for hydroxylation is 2. The van der Waals surface area contributed by atoms with Gasteiger partial charge in [0.2, 0.25) is 5.91 Å². The molecule has 1 aliphatic rings. The molecule has 0 bridgehead atoms. The fraction of sp³-hybridized carbons (Fsp3) is 0.520. The third-order valence-corrected chi connectivity index (χ3v) is 7.65. The van der Waals surface area contributed by atoms with Gasteiger partial charge in [-0.2, -0.15) is 0 Å². The van der Waals surface area contributed by atoms with Gasteiger partial charge in [0, 0.05) is 10.6 Å². The first-order valence-electron chi connectivity index (χ1n) is 11.5. The summed E-state index contributed by atoms with van der Waals surface area (Å²) in [5.74, 6) is 0.316. The highest BCUT2D eigenvalue weighted by Crippen LogP contribution is 2.41. The highest BCUT2D eigenvalue weighted by Gasteiger charge is 2.32. The number of fused-ring (bicyclic) bond motifs is 3. The van der Waals surface area contributed by atoms with Crippen LogP contribution in [0, 0.1) is 11.3 Å². The molecule has 2 aromatic heterocycles. The van der Waals surface area contributed by atoms with Crippen LogP contribution in [0.2, 0.25) is 0 Å². The predicted molar refractivity (Wildman–Crippen MR) is 130 cm³/mol. The Hall–Kier alpha value is -2.54. The third-order valence-electron chi connectivity index (χ3n) is 6.51. The van der Waals surface area contributed by atoms with Crippen LogP contribution in [-0.4, -0.2) is 20.9 Å². The summed E-state index contributed by atoms with van der Waals surface area (Å²) in [5.41, 5.74) is 3.12. The second kappa shape index (κ2) is 9.14. The van der Waals surface area contributed by atoms with E-state index >= 15 is 0 Å². The SMILES string of the molecule is CCCCc1ccc(NC(=O)Cn2nnc3sc4c(c3c2=O)CC[C@H](C(C)(C)C)C4)cc1. The number of nitrogens with zero attached hydrogens (tertiary/aromatic N) is 3. The number of amides is 1. The number of hydrogen-bond donors (Lipinski definition) is 1. The molecule has 0 saturated carbocycles. The fourth-order valence-electron chi connectivity index (χ4n) is 4.44. The minimum atomic E-state index is -0.279. The van der Waals surface area contributed by atoms with Crippen molar-refractivity contribution in [3.63, 3.8) is 0 Å². The molecule has 0 unspecified atom stereocenters. The molecule has 1 aromatic carbocycles. The molecular formula is C25H32N4O2S. The van der Waals surface area contributed by atoms with Crippen molar-refractivity contribution < 1.29 is 4.79 Å². The molecule has 0 aliphatic heterocycles. The summed E-state index contributed by atoms with van der Waals surface area (Å²) in [5, 5.41) is 11.9. The minimum absolute atomic E-state index is 0.144. The summed E-state index contributed by atoms with van der Waals surface area (Å²) in [6.45, 7) is 8.86. The van der Waals surface area contributed by atoms with Crippen molar-refractivity contribution in [2.75, 3.05) is 5.32 Å². The molecule has 6 nitrogen and oxygen atoms in total. The standard InChI is InChI=1S/C25H32N4O2S/c1-5-6-7-16-8-11-18(12-9-16)26-21(30)15-29-24(31)22-19-13-10-17(25(2,3)4)14-20(19)32-23(22)27-28-29/h8-9,11-12,17H,5-7,10,13-15H2,1-4H3,(H,26,30)/t17-/m0/s1. The van der Waals surface area contributed by atoms with Crippen LogP contribution in [0.5, 0.6) is 0 Å². The fourth-order valence-corrected chi connectivity index (χ4v) is 5.68. The van der Waals surface area contributed by atoms with Crippen LogP contribution in [0.25, 0.3) is 10.2 Å². The first kappa shape index (κ1) is 22.6. The third kappa shape index (κ3) is 4.77. The first-order chi connectivity index (χ1) is 15.3. The van der Waals surface area contributed by atoms with Gasteiger partial charge in [-0.3, -0.25) is 9.59 Å². The lowest BCUT2D eigenvalue weighted by molar-refractivity contribution is -0.117. The highest BCUT2D eigenvalue weighted by atomic mass is 32.1. The zero-order chi connectivity index (χ0) is 22.9. The van der Waals surface area contributed by atoms with Crippen molar-refractivity contribution in [2.45, 2.75) is 72.8 Å². The number of benzene rings is 1. The molecule has 2 heterocycles. The van der Waals surface area contributed by atoms with Crippen LogP contribution in [0.4, 0.5) is 5.69 Å². The highest BCUT2D eigenvalue weighted by molar-refractivity contribution is 7.18. The Labute approximate surface area is 193 Å². The molecule has 0 radical (unpaired) electrons. The molecular weight excluding hydrogens is 420 g/mol. The van der Waals surface area contributed by atoms with E-state index in [2.05, 4.69) is 43.3 Å². The molecule has 7 heteroatoms. The van der Waals surface area contributed by atoms with Crippen LogP contribution in [-0.2, 0) is 30.6 Å². The Morgan fingerprint density at radius 2 is 2.00 bits per heavy atom. The normalized spacial score (nSPS) is 16.2. The number of thiophene rings is 1. The van der Waals surface area contributed by atoms with Gasteiger partial charge in [0.15, 0.2) is 4.83 Å².